The van der Waals surface area contributed by atoms with Crippen molar-refractivity contribution in [3.8, 4) is 11.5 Å². The summed E-state index contributed by atoms with van der Waals surface area (Å²) in [7, 11) is 0. The van der Waals surface area contributed by atoms with E-state index in [1.165, 1.54) is 32.1 Å². The predicted octanol–water partition coefficient (Wildman–Crippen LogP) is 4.53. The molecule has 142 valence electrons. The molecule has 0 spiro atoms. The van der Waals surface area contributed by atoms with Crippen molar-refractivity contribution in [1.29, 1.82) is 0 Å². The number of unbranched alkanes of at least 4 members (excludes halogenated alkanes) is 4. The number of benzene rings is 1. The molecule has 0 aliphatic heterocycles. The Kier molecular flexibility index (Phi) is 11.2. The normalized spacial score (nSPS) is 10.7. The Morgan fingerprint density at radius 3 is 2.48 bits per heavy atom. The number of rotatable bonds is 13. The molecule has 0 aromatic heterocycles. The first kappa shape index (κ1) is 22.3. The number of amides is 1. The molecule has 0 aliphatic rings. The van der Waals surface area contributed by atoms with Gasteiger partial charge in [0.2, 0.25) is 0 Å². The summed E-state index contributed by atoms with van der Waals surface area (Å²) < 4.78 is 12.8. The zero-order valence-corrected chi connectivity index (χ0v) is 18.2. The second-order valence-electron chi connectivity index (χ2n) is 5.77. The lowest BCUT2D eigenvalue weighted by Crippen LogP contribution is -2.20. The Balaban J connectivity index is 2.71. The van der Waals surface area contributed by atoms with Crippen LogP contribution in [0.2, 0.25) is 0 Å². The van der Waals surface area contributed by atoms with E-state index in [9.17, 15) is 4.79 Å². The number of carbonyl (C=O) groups is 1. The molecule has 0 saturated carbocycles. The van der Waals surface area contributed by atoms with Crippen LogP contribution in [-0.2, 0) is 11.3 Å². The van der Waals surface area contributed by atoms with Crippen LogP contribution < -0.4 is 20.5 Å². The number of nitrogens with one attached hydrogen (secondary N) is 1. The largest absolute Gasteiger partial charge is 0.490 e. The van der Waals surface area contributed by atoms with Gasteiger partial charge in [-0.3, -0.25) is 4.79 Å². The SMILES string of the molecule is CCCCCCCNCc1cc(OCC)c(OCC(N)=O)c(Br)c1Br. The summed E-state index contributed by atoms with van der Waals surface area (Å²) in [6.45, 7) is 6.15. The number of ether oxygens (including phenoxy) is 2. The Morgan fingerprint density at radius 2 is 1.84 bits per heavy atom. The van der Waals surface area contributed by atoms with Gasteiger partial charge in [-0.15, -0.1) is 0 Å². The van der Waals surface area contributed by atoms with Gasteiger partial charge in [0.15, 0.2) is 18.1 Å². The van der Waals surface area contributed by atoms with E-state index in [0.29, 0.717) is 18.1 Å². The first-order chi connectivity index (χ1) is 12.0. The van der Waals surface area contributed by atoms with E-state index in [2.05, 4.69) is 44.1 Å². The average molecular weight is 480 g/mol. The fourth-order valence-electron chi connectivity index (χ4n) is 2.38. The third-order valence-corrected chi connectivity index (χ3v) is 5.83. The van der Waals surface area contributed by atoms with Gasteiger partial charge < -0.3 is 20.5 Å². The van der Waals surface area contributed by atoms with E-state index < -0.39 is 5.91 Å². The Bertz CT molecular complexity index is 554. The molecular formula is C18H28Br2N2O3. The Morgan fingerprint density at radius 1 is 1.12 bits per heavy atom. The van der Waals surface area contributed by atoms with Crippen molar-refractivity contribution in [2.75, 3.05) is 19.8 Å². The number of halogens is 2. The van der Waals surface area contributed by atoms with Crippen LogP contribution in [0.5, 0.6) is 11.5 Å². The van der Waals surface area contributed by atoms with Crippen LogP contribution in [0.15, 0.2) is 15.0 Å². The van der Waals surface area contributed by atoms with Crippen molar-refractivity contribution >= 4 is 37.8 Å². The van der Waals surface area contributed by atoms with Gasteiger partial charge in [0.1, 0.15) is 0 Å². The van der Waals surface area contributed by atoms with Gasteiger partial charge in [-0.2, -0.15) is 0 Å². The molecule has 3 N–H and O–H groups in total. The van der Waals surface area contributed by atoms with Gasteiger partial charge in [0.25, 0.3) is 5.91 Å². The molecule has 25 heavy (non-hydrogen) atoms. The smallest absolute Gasteiger partial charge is 0.255 e. The van der Waals surface area contributed by atoms with E-state index in [1.807, 2.05) is 13.0 Å². The fraction of sp³-hybridized carbons (Fsp3) is 0.611. The maximum absolute atomic E-state index is 11.0. The lowest BCUT2D eigenvalue weighted by molar-refractivity contribution is -0.119. The lowest BCUT2D eigenvalue weighted by atomic mass is 10.1. The zero-order chi connectivity index (χ0) is 18.7. The van der Waals surface area contributed by atoms with Crippen molar-refractivity contribution in [3.63, 3.8) is 0 Å². The monoisotopic (exact) mass is 478 g/mol. The first-order valence-corrected chi connectivity index (χ1v) is 10.3. The van der Waals surface area contributed by atoms with Crippen molar-refractivity contribution in [3.05, 3.63) is 20.6 Å². The fourth-order valence-corrected chi connectivity index (χ4v) is 3.38. The number of nitrogens with two attached hydrogens (primary N) is 1. The summed E-state index contributed by atoms with van der Waals surface area (Å²) in [4.78, 5) is 11.0. The number of carbonyl (C=O) groups excluding carboxylic acids is 1. The summed E-state index contributed by atoms with van der Waals surface area (Å²) in [6, 6.07) is 1.93. The van der Waals surface area contributed by atoms with E-state index >= 15 is 0 Å². The maximum Gasteiger partial charge on any atom is 0.255 e. The molecule has 0 atom stereocenters. The summed E-state index contributed by atoms with van der Waals surface area (Å²) in [5.41, 5.74) is 6.23. The summed E-state index contributed by atoms with van der Waals surface area (Å²) in [6.07, 6.45) is 6.31. The van der Waals surface area contributed by atoms with E-state index in [0.717, 1.165) is 27.6 Å². The van der Waals surface area contributed by atoms with Crippen LogP contribution >= 0.6 is 31.9 Å². The molecule has 0 heterocycles. The highest BCUT2D eigenvalue weighted by Crippen LogP contribution is 2.42. The third-order valence-electron chi connectivity index (χ3n) is 3.63. The molecule has 0 saturated heterocycles. The minimum absolute atomic E-state index is 0.194. The standard InChI is InChI=1S/C18H28Br2N2O3/c1-3-5-6-7-8-9-22-11-13-10-14(24-4-2)18(17(20)16(13)19)25-12-15(21)23/h10,22H,3-9,11-12H2,1-2H3,(H2,21,23). The summed E-state index contributed by atoms with van der Waals surface area (Å²) >= 11 is 7.11. The molecule has 7 heteroatoms. The molecule has 0 unspecified atom stereocenters. The topological polar surface area (TPSA) is 73.6 Å². The van der Waals surface area contributed by atoms with Crippen LogP contribution in [0, 0.1) is 0 Å². The highest BCUT2D eigenvalue weighted by atomic mass is 79.9. The Hall–Kier alpha value is -0.790. The highest BCUT2D eigenvalue weighted by Gasteiger charge is 2.18. The third kappa shape index (κ3) is 7.96. The quantitative estimate of drug-likeness (QED) is 0.407. The molecule has 0 aliphatic carbocycles. The van der Waals surface area contributed by atoms with Crippen LogP contribution in [0.25, 0.3) is 0 Å². The summed E-state index contributed by atoms with van der Waals surface area (Å²) in [5.74, 6) is 0.550. The van der Waals surface area contributed by atoms with Gasteiger partial charge in [-0.05, 0) is 63.4 Å². The first-order valence-electron chi connectivity index (χ1n) is 8.76. The van der Waals surface area contributed by atoms with Crippen molar-refractivity contribution < 1.29 is 14.3 Å². The molecule has 1 amide bonds. The minimum Gasteiger partial charge on any atom is -0.490 e. The van der Waals surface area contributed by atoms with Gasteiger partial charge in [0, 0.05) is 11.0 Å². The lowest BCUT2D eigenvalue weighted by Gasteiger charge is -2.17. The molecule has 1 aromatic rings. The highest BCUT2D eigenvalue weighted by molar-refractivity contribution is 9.13. The van der Waals surface area contributed by atoms with E-state index in [-0.39, 0.29) is 6.61 Å². The number of hydrogen-bond donors (Lipinski definition) is 2. The molecule has 5 nitrogen and oxygen atoms in total. The van der Waals surface area contributed by atoms with Crippen LogP contribution in [0.3, 0.4) is 0 Å². The number of hydrogen-bond acceptors (Lipinski definition) is 4. The Labute approximate surface area is 167 Å². The van der Waals surface area contributed by atoms with Crippen LogP contribution in [-0.4, -0.2) is 25.7 Å². The molecule has 0 bridgehead atoms. The van der Waals surface area contributed by atoms with Gasteiger partial charge >= 0.3 is 0 Å². The minimum atomic E-state index is -0.528. The van der Waals surface area contributed by atoms with Gasteiger partial charge in [0.05, 0.1) is 11.1 Å². The zero-order valence-electron chi connectivity index (χ0n) is 15.0. The van der Waals surface area contributed by atoms with Crippen LogP contribution in [0.1, 0.15) is 51.5 Å². The maximum atomic E-state index is 11.0. The second-order valence-corrected chi connectivity index (χ2v) is 7.36. The average Bonchev–Trinajstić information content (AvgIpc) is 2.57. The van der Waals surface area contributed by atoms with Crippen molar-refractivity contribution in [2.45, 2.75) is 52.5 Å². The molecular weight excluding hydrogens is 452 g/mol. The summed E-state index contributed by atoms with van der Waals surface area (Å²) in [5, 5.41) is 3.46. The molecule has 1 rings (SSSR count). The molecule has 0 radical (unpaired) electrons. The molecule has 1 aromatic carbocycles. The van der Waals surface area contributed by atoms with Gasteiger partial charge in [-0.25, -0.2) is 0 Å². The van der Waals surface area contributed by atoms with Gasteiger partial charge in [-0.1, -0.05) is 32.6 Å². The second kappa shape index (κ2) is 12.5. The van der Waals surface area contributed by atoms with E-state index in [1.54, 1.807) is 0 Å². The van der Waals surface area contributed by atoms with E-state index in [4.69, 9.17) is 15.2 Å². The van der Waals surface area contributed by atoms with Crippen LogP contribution in [0.4, 0.5) is 0 Å². The number of primary amides is 1. The molecule has 0 fully saturated rings. The predicted molar refractivity (Wildman–Crippen MR) is 108 cm³/mol. The van der Waals surface area contributed by atoms with Crippen molar-refractivity contribution in [2.24, 2.45) is 5.73 Å². The van der Waals surface area contributed by atoms with Crippen molar-refractivity contribution in [1.82, 2.24) is 5.32 Å².